The van der Waals surface area contributed by atoms with Gasteiger partial charge in [-0.1, -0.05) is 23.5 Å². The molecule has 19 heavy (non-hydrogen) atoms. The molecule has 1 aliphatic rings. The second-order valence-electron chi connectivity index (χ2n) is 4.11. The van der Waals surface area contributed by atoms with Crippen LogP contribution in [0.25, 0.3) is 0 Å². The van der Waals surface area contributed by atoms with Crippen molar-refractivity contribution in [2.45, 2.75) is 31.9 Å². The molecule has 0 spiro atoms. The van der Waals surface area contributed by atoms with E-state index in [0.717, 1.165) is 12.2 Å². The van der Waals surface area contributed by atoms with Crippen molar-refractivity contribution in [1.29, 1.82) is 0 Å². The maximum Gasteiger partial charge on any atom is 0.302 e. The van der Waals surface area contributed by atoms with Gasteiger partial charge in [0.1, 0.15) is 6.61 Å². The molecule has 1 heterocycles. The molecule has 0 N–H and O–H groups in total. The summed E-state index contributed by atoms with van der Waals surface area (Å²) >= 11 is 7.84. The summed E-state index contributed by atoms with van der Waals surface area (Å²) in [6.45, 7) is 4.02. The van der Waals surface area contributed by atoms with Gasteiger partial charge in [0, 0.05) is 23.8 Å². The van der Waals surface area contributed by atoms with Gasteiger partial charge in [0.05, 0.1) is 6.61 Å². The van der Waals surface area contributed by atoms with Gasteiger partial charge >= 0.3 is 5.97 Å². The van der Waals surface area contributed by atoms with Crippen LogP contribution < -0.4 is 0 Å². The maximum atomic E-state index is 11.6. The van der Waals surface area contributed by atoms with E-state index in [-0.39, 0.29) is 28.9 Å². The third-order valence-corrected chi connectivity index (χ3v) is 5.03. The number of thiocarbonyl (C=S) groups is 1. The molecule has 0 aromatic heterocycles. The molecule has 7 heteroatoms. The monoisotopic (exact) mass is 322 g/mol. The van der Waals surface area contributed by atoms with Crippen LogP contribution in [0.2, 0.25) is 0 Å². The number of carbonyl (C=O) groups excluding carboxylic acids is 2. The number of ether oxygens (including phenoxy) is 2. The van der Waals surface area contributed by atoms with Gasteiger partial charge in [-0.2, -0.15) is 0 Å². The van der Waals surface area contributed by atoms with Gasteiger partial charge in [-0.3, -0.25) is 9.59 Å². The molecule has 0 aromatic rings. The Morgan fingerprint density at radius 3 is 2.84 bits per heavy atom. The molecular weight excluding hydrogens is 304 g/mol. The van der Waals surface area contributed by atoms with E-state index in [1.165, 1.54) is 30.4 Å². The van der Waals surface area contributed by atoms with Crippen LogP contribution in [0.5, 0.6) is 0 Å². The summed E-state index contributed by atoms with van der Waals surface area (Å²) < 4.78 is 10.7. The molecule has 0 saturated carbocycles. The number of hydrogen-bond acceptors (Lipinski definition) is 7. The van der Waals surface area contributed by atoms with E-state index in [1.54, 1.807) is 0 Å². The fraction of sp³-hybridized carbons (Fsp3) is 0.750. The number of rotatable bonds is 6. The SMILES string of the molecule is CCOC(=S)SC(COC(C)=O)CC1CCSC1=O. The zero-order valence-corrected chi connectivity index (χ0v) is 13.5. The van der Waals surface area contributed by atoms with Crippen molar-refractivity contribution < 1.29 is 19.1 Å². The maximum absolute atomic E-state index is 11.6. The van der Waals surface area contributed by atoms with Crippen molar-refractivity contribution in [3.05, 3.63) is 0 Å². The fourth-order valence-corrected chi connectivity index (χ4v) is 4.22. The largest absolute Gasteiger partial charge is 0.479 e. The van der Waals surface area contributed by atoms with Crippen LogP contribution in [-0.2, 0) is 19.1 Å². The zero-order chi connectivity index (χ0) is 14.3. The molecule has 0 bridgehead atoms. The van der Waals surface area contributed by atoms with Gasteiger partial charge in [0.2, 0.25) is 4.38 Å². The smallest absolute Gasteiger partial charge is 0.302 e. The average Bonchev–Trinajstić information content (AvgIpc) is 2.72. The van der Waals surface area contributed by atoms with Crippen LogP contribution in [0.4, 0.5) is 0 Å². The van der Waals surface area contributed by atoms with Crippen LogP contribution >= 0.6 is 35.7 Å². The molecule has 4 nitrogen and oxygen atoms in total. The molecule has 2 atom stereocenters. The lowest BCUT2D eigenvalue weighted by Gasteiger charge is -2.18. The van der Waals surface area contributed by atoms with E-state index < -0.39 is 0 Å². The second-order valence-corrected chi connectivity index (χ2v) is 7.12. The quantitative estimate of drug-likeness (QED) is 0.550. The normalized spacial score (nSPS) is 20.1. The Kier molecular flexibility index (Phi) is 7.78. The molecule has 0 aliphatic carbocycles. The first kappa shape index (κ1) is 16.8. The van der Waals surface area contributed by atoms with Crippen LogP contribution in [-0.4, -0.2) is 39.7 Å². The summed E-state index contributed by atoms with van der Waals surface area (Å²) in [5.41, 5.74) is 0. The molecule has 2 unspecified atom stereocenters. The number of thioether (sulfide) groups is 2. The van der Waals surface area contributed by atoms with Crippen LogP contribution in [0.15, 0.2) is 0 Å². The Labute approximate surface area is 127 Å². The van der Waals surface area contributed by atoms with Crippen molar-refractivity contribution in [2.75, 3.05) is 19.0 Å². The zero-order valence-electron chi connectivity index (χ0n) is 11.0. The number of esters is 1. The molecule has 108 valence electrons. The highest BCUT2D eigenvalue weighted by molar-refractivity contribution is 8.23. The first-order valence-corrected chi connectivity index (χ1v) is 8.43. The van der Waals surface area contributed by atoms with Crippen molar-refractivity contribution in [2.24, 2.45) is 5.92 Å². The lowest BCUT2D eigenvalue weighted by atomic mass is 10.0. The lowest BCUT2D eigenvalue weighted by Crippen LogP contribution is -2.22. The van der Waals surface area contributed by atoms with Gasteiger partial charge in [-0.05, 0) is 32.0 Å². The highest BCUT2D eigenvalue weighted by Crippen LogP contribution is 2.32. The van der Waals surface area contributed by atoms with E-state index in [2.05, 4.69) is 0 Å². The van der Waals surface area contributed by atoms with Crippen molar-refractivity contribution in [1.82, 2.24) is 0 Å². The molecule has 1 aliphatic heterocycles. The predicted octanol–water partition coefficient (Wildman–Crippen LogP) is 2.64. The van der Waals surface area contributed by atoms with Gasteiger partial charge < -0.3 is 9.47 Å². The minimum absolute atomic E-state index is 0.0180. The van der Waals surface area contributed by atoms with Crippen LogP contribution in [0.1, 0.15) is 26.7 Å². The minimum Gasteiger partial charge on any atom is -0.479 e. The van der Waals surface area contributed by atoms with Gasteiger partial charge in [0.25, 0.3) is 0 Å². The summed E-state index contributed by atoms with van der Waals surface area (Å²) in [6.07, 6.45) is 1.57. The third kappa shape index (κ3) is 6.63. The van der Waals surface area contributed by atoms with E-state index in [9.17, 15) is 9.59 Å². The molecule has 1 fully saturated rings. The van der Waals surface area contributed by atoms with Gasteiger partial charge in [-0.15, -0.1) is 0 Å². The van der Waals surface area contributed by atoms with Crippen LogP contribution in [0.3, 0.4) is 0 Å². The van der Waals surface area contributed by atoms with Crippen molar-refractivity contribution in [3.8, 4) is 0 Å². The number of carbonyl (C=O) groups is 2. The summed E-state index contributed by atoms with van der Waals surface area (Å²) in [5.74, 6) is 0.604. The Morgan fingerprint density at radius 1 is 1.58 bits per heavy atom. The third-order valence-electron chi connectivity index (χ3n) is 2.59. The fourth-order valence-electron chi connectivity index (χ4n) is 1.72. The van der Waals surface area contributed by atoms with Gasteiger partial charge in [0.15, 0.2) is 5.12 Å². The van der Waals surface area contributed by atoms with E-state index >= 15 is 0 Å². The lowest BCUT2D eigenvalue weighted by molar-refractivity contribution is -0.140. The first-order valence-electron chi connectivity index (χ1n) is 6.16. The Hall–Kier alpha value is -0.270. The summed E-state index contributed by atoms with van der Waals surface area (Å²) in [6, 6.07) is 0. The standard InChI is InChI=1S/C12H18O4S3/c1-3-15-12(17)19-10(7-16-8(2)13)6-9-4-5-18-11(9)14/h9-10H,3-7H2,1-2H3. The highest BCUT2D eigenvalue weighted by atomic mass is 32.2. The average molecular weight is 322 g/mol. The first-order chi connectivity index (χ1) is 9.02. The summed E-state index contributed by atoms with van der Waals surface area (Å²) in [4.78, 5) is 22.5. The second kappa shape index (κ2) is 8.81. The summed E-state index contributed by atoms with van der Waals surface area (Å²) in [5, 5.41) is 0.214. The van der Waals surface area contributed by atoms with Gasteiger partial charge in [-0.25, -0.2) is 0 Å². The Balaban J connectivity index is 2.49. The minimum atomic E-state index is -0.319. The Bertz CT molecular complexity index is 346. The number of hydrogen-bond donors (Lipinski definition) is 0. The van der Waals surface area contributed by atoms with E-state index in [0.29, 0.717) is 17.4 Å². The molecule has 1 rings (SSSR count). The topological polar surface area (TPSA) is 52.6 Å². The Morgan fingerprint density at radius 2 is 2.32 bits per heavy atom. The highest BCUT2D eigenvalue weighted by Gasteiger charge is 2.29. The van der Waals surface area contributed by atoms with Crippen molar-refractivity contribution in [3.63, 3.8) is 0 Å². The molecule has 0 radical (unpaired) electrons. The molecule has 0 amide bonds. The van der Waals surface area contributed by atoms with Crippen LogP contribution in [0, 0.1) is 5.92 Å². The van der Waals surface area contributed by atoms with E-state index in [1.807, 2.05) is 6.92 Å². The molecule has 0 aromatic carbocycles. The molecule has 1 saturated heterocycles. The summed E-state index contributed by atoms with van der Waals surface area (Å²) in [7, 11) is 0. The molecular formula is C12H18O4S3. The predicted molar refractivity (Wildman–Crippen MR) is 82.4 cm³/mol. The van der Waals surface area contributed by atoms with Crippen molar-refractivity contribution >= 4 is 51.2 Å². The van der Waals surface area contributed by atoms with E-state index in [4.69, 9.17) is 21.7 Å².